The van der Waals surface area contributed by atoms with Crippen molar-refractivity contribution in [3.8, 4) is 5.75 Å². The lowest BCUT2D eigenvalue weighted by Crippen LogP contribution is -2.45. The average Bonchev–Trinajstić information content (AvgIpc) is 2.73. The highest BCUT2D eigenvalue weighted by molar-refractivity contribution is 8.15. The van der Waals surface area contributed by atoms with Gasteiger partial charge >= 0.3 is 6.18 Å². The van der Waals surface area contributed by atoms with Crippen LogP contribution in [0.15, 0.2) is 53.5 Å². The Kier molecular flexibility index (Phi) is 7.44. The SMILES string of the molecule is CCOc1cccc(NC(=O)C2CC(=O)N(CC)C(=Nc3cccc(C(F)(F)F)c3)S2)c1. The van der Waals surface area contributed by atoms with Crippen molar-refractivity contribution < 1.29 is 27.5 Å². The second-order valence-electron chi connectivity index (χ2n) is 6.84. The summed E-state index contributed by atoms with van der Waals surface area (Å²) in [4.78, 5) is 31.0. The van der Waals surface area contributed by atoms with Crippen LogP contribution in [0.2, 0.25) is 0 Å². The number of nitrogens with one attached hydrogen (secondary N) is 1. The largest absolute Gasteiger partial charge is 0.494 e. The zero-order chi connectivity index (χ0) is 23.3. The van der Waals surface area contributed by atoms with Crippen LogP contribution in [-0.2, 0) is 15.8 Å². The molecule has 1 saturated heterocycles. The third-order valence-corrected chi connectivity index (χ3v) is 5.75. The van der Waals surface area contributed by atoms with Gasteiger partial charge in [0.05, 0.1) is 17.9 Å². The molecule has 1 fully saturated rings. The number of carbonyl (C=O) groups excluding carboxylic acids is 2. The molecule has 2 aromatic carbocycles. The molecule has 1 aliphatic heterocycles. The fraction of sp³-hybridized carbons (Fsp3) is 0.318. The van der Waals surface area contributed by atoms with Gasteiger partial charge in [-0.1, -0.05) is 23.9 Å². The monoisotopic (exact) mass is 465 g/mol. The van der Waals surface area contributed by atoms with Gasteiger partial charge < -0.3 is 10.1 Å². The molecule has 1 heterocycles. The second-order valence-corrected chi connectivity index (χ2v) is 8.01. The standard InChI is InChI=1S/C22H22F3N3O3S/c1-3-28-19(29)13-18(20(30)26-16-9-6-10-17(12-16)31-4-2)32-21(28)27-15-8-5-7-14(11-15)22(23,24)25/h5-12,18H,3-4,13H2,1-2H3,(H,26,30). The van der Waals surface area contributed by atoms with Crippen LogP contribution in [0.5, 0.6) is 5.75 Å². The molecule has 1 unspecified atom stereocenters. The first-order valence-electron chi connectivity index (χ1n) is 9.98. The Morgan fingerprint density at radius 3 is 2.66 bits per heavy atom. The number of ether oxygens (including phenoxy) is 1. The van der Waals surface area contributed by atoms with Crippen molar-refractivity contribution in [2.75, 3.05) is 18.5 Å². The molecule has 10 heteroatoms. The van der Waals surface area contributed by atoms with Crippen LogP contribution < -0.4 is 10.1 Å². The van der Waals surface area contributed by atoms with Gasteiger partial charge in [-0.05, 0) is 44.2 Å². The Balaban J connectivity index is 1.82. The molecule has 2 amide bonds. The summed E-state index contributed by atoms with van der Waals surface area (Å²) < 4.78 is 44.5. The second kappa shape index (κ2) is 10.1. The van der Waals surface area contributed by atoms with Gasteiger partial charge in [0.1, 0.15) is 11.0 Å². The molecule has 1 atom stereocenters. The van der Waals surface area contributed by atoms with E-state index in [4.69, 9.17) is 4.74 Å². The summed E-state index contributed by atoms with van der Waals surface area (Å²) in [6.45, 7) is 4.35. The third-order valence-electron chi connectivity index (χ3n) is 4.56. The van der Waals surface area contributed by atoms with Crippen LogP contribution in [0.4, 0.5) is 24.5 Å². The van der Waals surface area contributed by atoms with Crippen LogP contribution in [0.3, 0.4) is 0 Å². The van der Waals surface area contributed by atoms with Crippen molar-refractivity contribution in [3.63, 3.8) is 0 Å². The van der Waals surface area contributed by atoms with Crippen LogP contribution in [-0.4, -0.2) is 40.3 Å². The summed E-state index contributed by atoms with van der Waals surface area (Å²) in [5.41, 5.74) is -0.264. The number of benzene rings is 2. The number of carbonyl (C=O) groups is 2. The number of hydrogen-bond donors (Lipinski definition) is 1. The summed E-state index contributed by atoms with van der Waals surface area (Å²) in [5.74, 6) is -0.119. The molecule has 2 aromatic rings. The average molecular weight is 465 g/mol. The van der Waals surface area contributed by atoms with E-state index in [0.29, 0.717) is 18.0 Å². The zero-order valence-electron chi connectivity index (χ0n) is 17.5. The first-order chi connectivity index (χ1) is 15.2. The smallest absolute Gasteiger partial charge is 0.416 e. The number of anilines is 1. The van der Waals surface area contributed by atoms with Crippen molar-refractivity contribution in [2.45, 2.75) is 31.7 Å². The number of alkyl halides is 3. The maximum absolute atomic E-state index is 13.0. The fourth-order valence-corrected chi connectivity index (χ4v) is 4.23. The van der Waals surface area contributed by atoms with E-state index in [0.717, 1.165) is 23.9 Å². The fourth-order valence-electron chi connectivity index (χ4n) is 3.07. The molecule has 0 bridgehead atoms. The van der Waals surface area contributed by atoms with Crippen LogP contribution in [0, 0.1) is 0 Å². The van der Waals surface area contributed by atoms with Gasteiger partial charge in [0, 0.05) is 24.7 Å². The maximum atomic E-state index is 13.0. The number of halogens is 3. The third kappa shape index (κ3) is 5.82. The van der Waals surface area contributed by atoms with Gasteiger partial charge in [-0.15, -0.1) is 0 Å². The number of aliphatic imine (C=N–C) groups is 1. The number of rotatable bonds is 6. The van der Waals surface area contributed by atoms with Crippen molar-refractivity contribution in [1.82, 2.24) is 4.90 Å². The van der Waals surface area contributed by atoms with Crippen molar-refractivity contribution in [2.24, 2.45) is 4.99 Å². The molecule has 0 saturated carbocycles. The maximum Gasteiger partial charge on any atom is 0.416 e. The lowest BCUT2D eigenvalue weighted by molar-refractivity contribution is -0.137. The van der Waals surface area contributed by atoms with Crippen LogP contribution >= 0.6 is 11.8 Å². The van der Waals surface area contributed by atoms with E-state index in [1.165, 1.54) is 17.0 Å². The van der Waals surface area contributed by atoms with E-state index < -0.39 is 22.9 Å². The minimum atomic E-state index is -4.51. The van der Waals surface area contributed by atoms with E-state index in [9.17, 15) is 22.8 Å². The van der Waals surface area contributed by atoms with E-state index in [-0.39, 0.29) is 29.7 Å². The molecule has 0 aliphatic carbocycles. The zero-order valence-corrected chi connectivity index (χ0v) is 18.3. The van der Waals surface area contributed by atoms with Crippen LogP contribution in [0.1, 0.15) is 25.8 Å². The molecular weight excluding hydrogens is 443 g/mol. The number of nitrogens with zero attached hydrogens (tertiary/aromatic N) is 2. The minimum Gasteiger partial charge on any atom is -0.494 e. The lowest BCUT2D eigenvalue weighted by atomic mass is 10.2. The van der Waals surface area contributed by atoms with Gasteiger partial charge in [0.2, 0.25) is 11.8 Å². The number of hydrogen-bond acceptors (Lipinski definition) is 5. The summed E-state index contributed by atoms with van der Waals surface area (Å²) in [7, 11) is 0. The minimum absolute atomic E-state index is 0.0445. The predicted molar refractivity (Wildman–Crippen MR) is 118 cm³/mol. The summed E-state index contributed by atoms with van der Waals surface area (Å²) in [5, 5.41) is 2.18. The lowest BCUT2D eigenvalue weighted by Gasteiger charge is -2.31. The molecule has 32 heavy (non-hydrogen) atoms. The van der Waals surface area contributed by atoms with E-state index in [1.54, 1.807) is 31.2 Å². The molecule has 0 radical (unpaired) electrons. The van der Waals surface area contributed by atoms with Gasteiger partial charge in [-0.25, -0.2) is 4.99 Å². The quantitative estimate of drug-likeness (QED) is 0.646. The van der Waals surface area contributed by atoms with Crippen molar-refractivity contribution in [3.05, 3.63) is 54.1 Å². The molecule has 0 aromatic heterocycles. The van der Waals surface area contributed by atoms with Crippen molar-refractivity contribution in [1.29, 1.82) is 0 Å². The highest BCUT2D eigenvalue weighted by Crippen LogP contribution is 2.34. The Bertz CT molecular complexity index is 1030. The molecule has 3 rings (SSSR count). The summed E-state index contributed by atoms with van der Waals surface area (Å²) >= 11 is 1.05. The molecule has 1 N–H and O–H groups in total. The Morgan fingerprint density at radius 2 is 1.97 bits per heavy atom. The molecular formula is C22H22F3N3O3S. The first kappa shape index (κ1) is 23.6. The first-order valence-corrected chi connectivity index (χ1v) is 10.9. The molecule has 0 spiro atoms. The molecule has 170 valence electrons. The normalized spacial score (nSPS) is 18.0. The van der Waals surface area contributed by atoms with Gasteiger partial charge in [0.25, 0.3) is 0 Å². The summed E-state index contributed by atoms with van der Waals surface area (Å²) in [6.07, 6.45) is -4.55. The Morgan fingerprint density at radius 1 is 1.22 bits per heavy atom. The topological polar surface area (TPSA) is 71.0 Å². The van der Waals surface area contributed by atoms with Crippen molar-refractivity contribution >= 4 is 40.1 Å². The molecule has 6 nitrogen and oxygen atoms in total. The van der Waals surface area contributed by atoms with Gasteiger partial charge in [-0.3, -0.25) is 14.5 Å². The number of thioether (sulfide) groups is 1. The molecule has 1 aliphatic rings. The number of amides is 2. The van der Waals surface area contributed by atoms with E-state index >= 15 is 0 Å². The van der Waals surface area contributed by atoms with Crippen LogP contribution in [0.25, 0.3) is 0 Å². The Labute approximate surface area is 187 Å². The van der Waals surface area contributed by atoms with E-state index in [2.05, 4.69) is 10.3 Å². The predicted octanol–water partition coefficient (Wildman–Crippen LogP) is 5.08. The van der Waals surface area contributed by atoms with Gasteiger partial charge in [0.15, 0.2) is 5.17 Å². The number of amidine groups is 1. The highest BCUT2D eigenvalue weighted by atomic mass is 32.2. The Hall–Kier alpha value is -3.01. The summed E-state index contributed by atoms with van der Waals surface area (Å²) in [6, 6.07) is 11.4. The van der Waals surface area contributed by atoms with E-state index in [1.807, 2.05) is 6.92 Å². The van der Waals surface area contributed by atoms with Gasteiger partial charge in [-0.2, -0.15) is 13.2 Å². The highest BCUT2D eigenvalue weighted by Gasteiger charge is 2.35.